The third kappa shape index (κ3) is 2.69. The van der Waals surface area contributed by atoms with Gasteiger partial charge in [0.05, 0.1) is 0 Å². The van der Waals surface area contributed by atoms with Crippen molar-refractivity contribution in [2.24, 2.45) is 0 Å². The number of aromatic carboxylic acids is 1. The Labute approximate surface area is 119 Å². The molecule has 1 aromatic carbocycles. The van der Waals surface area contributed by atoms with E-state index in [1.165, 1.54) is 18.3 Å². The van der Waals surface area contributed by atoms with E-state index in [4.69, 9.17) is 9.84 Å². The van der Waals surface area contributed by atoms with Crippen LogP contribution in [0.5, 0.6) is 5.75 Å². The summed E-state index contributed by atoms with van der Waals surface area (Å²) in [7, 11) is 0. The SMILES string of the molecule is O=C(O)c1cn2cccc(OCc3ccc(F)cc3)c2n1. The maximum Gasteiger partial charge on any atom is 0.356 e. The molecule has 3 rings (SSSR count). The van der Waals surface area contributed by atoms with Gasteiger partial charge in [-0.3, -0.25) is 0 Å². The monoisotopic (exact) mass is 286 g/mol. The third-order valence-corrected chi connectivity index (χ3v) is 2.97. The molecule has 0 bridgehead atoms. The molecule has 0 fully saturated rings. The quantitative estimate of drug-likeness (QED) is 0.801. The molecule has 21 heavy (non-hydrogen) atoms. The molecule has 0 saturated heterocycles. The van der Waals surface area contributed by atoms with E-state index in [0.29, 0.717) is 11.4 Å². The number of halogens is 1. The summed E-state index contributed by atoms with van der Waals surface area (Å²) in [5.74, 6) is -0.933. The van der Waals surface area contributed by atoms with Crippen molar-refractivity contribution in [1.82, 2.24) is 9.38 Å². The molecular weight excluding hydrogens is 275 g/mol. The Morgan fingerprint density at radius 1 is 1.29 bits per heavy atom. The summed E-state index contributed by atoms with van der Waals surface area (Å²) >= 11 is 0. The van der Waals surface area contributed by atoms with E-state index in [1.807, 2.05) is 0 Å². The van der Waals surface area contributed by atoms with Gasteiger partial charge >= 0.3 is 5.97 Å². The van der Waals surface area contributed by atoms with E-state index in [1.54, 1.807) is 34.9 Å². The number of fused-ring (bicyclic) bond motifs is 1. The van der Waals surface area contributed by atoms with Crippen LogP contribution in [0.4, 0.5) is 4.39 Å². The van der Waals surface area contributed by atoms with Crippen molar-refractivity contribution in [2.45, 2.75) is 6.61 Å². The highest BCUT2D eigenvalue weighted by atomic mass is 19.1. The lowest BCUT2D eigenvalue weighted by Gasteiger charge is -2.07. The second-order valence-corrected chi connectivity index (χ2v) is 4.45. The van der Waals surface area contributed by atoms with Gasteiger partial charge in [0.15, 0.2) is 17.1 Å². The fraction of sp³-hybridized carbons (Fsp3) is 0.0667. The topological polar surface area (TPSA) is 63.8 Å². The first kappa shape index (κ1) is 13.1. The molecule has 0 atom stereocenters. The van der Waals surface area contributed by atoms with Crippen LogP contribution >= 0.6 is 0 Å². The zero-order valence-electron chi connectivity index (χ0n) is 10.9. The van der Waals surface area contributed by atoms with Crippen molar-refractivity contribution < 1.29 is 19.0 Å². The van der Waals surface area contributed by atoms with Crippen LogP contribution in [0.15, 0.2) is 48.8 Å². The highest BCUT2D eigenvalue weighted by molar-refractivity contribution is 5.86. The van der Waals surface area contributed by atoms with Gasteiger partial charge in [-0.1, -0.05) is 12.1 Å². The molecule has 3 aromatic rings. The highest BCUT2D eigenvalue weighted by Crippen LogP contribution is 2.20. The van der Waals surface area contributed by atoms with Gasteiger partial charge in [0.25, 0.3) is 0 Å². The number of ether oxygens (including phenoxy) is 1. The van der Waals surface area contributed by atoms with Crippen LogP contribution in [-0.2, 0) is 6.61 Å². The van der Waals surface area contributed by atoms with Gasteiger partial charge in [0.1, 0.15) is 12.4 Å². The molecule has 0 spiro atoms. The van der Waals surface area contributed by atoms with Crippen LogP contribution in [0.2, 0.25) is 0 Å². The number of nitrogens with zero attached hydrogens (tertiary/aromatic N) is 2. The molecule has 2 heterocycles. The predicted molar refractivity (Wildman–Crippen MR) is 72.9 cm³/mol. The molecule has 0 aliphatic rings. The second-order valence-electron chi connectivity index (χ2n) is 4.45. The number of benzene rings is 1. The number of aromatic nitrogens is 2. The third-order valence-electron chi connectivity index (χ3n) is 2.97. The fourth-order valence-electron chi connectivity index (χ4n) is 1.94. The Kier molecular flexibility index (Phi) is 3.27. The number of carboxylic acids is 1. The Balaban J connectivity index is 1.86. The molecule has 1 N–H and O–H groups in total. The number of hydrogen-bond acceptors (Lipinski definition) is 3. The van der Waals surface area contributed by atoms with E-state index in [-0.39, 0.29) is 18.1 Å². The van der Waals surface area contributed by atoms with Crippen LogP contribution < -0.4 is 4.74 Å². The van der Waals surface area contributed by atoms with E-state index in [2.05, 4.69) is 4.98 Å². The Hall–Kier alpha value is -2.89. The van der Waals surface area contributed by atoms with Gasteiger partial charge in [-0.2, -0.15) is 0 Å². The van der Waals surface area contributed by atoms with Crippen LogP contribution in [0, 0.1) is 5.82 Å². The summed E-state index contributed by atoms with van der Waals surface area (Å²) in [6, 6.07) is 9.42. The van der Waals surface area contributed by atoms with E-state index in [9.17, 15) is 9.18 Å². The van der Waals surface area contributed by atoms with Gasteiger partial charge < -0.3 is 14.2 Å². The summed E-state index contributed by atoms with van der Waals surface area (Å²) in [6.07, 6.45) is 3.11. The molecule has 0 radical (unpaired) electrons. The summed E-state index contributed by atoms with van der Waals surface area (Å²) in [4.78, 5) is 15.0. The first-order chi connectivity index (χ1) is 10.1. The lowest BCUT2D eigenvalue weighted by molar-refractivity contribution is 0.0691. The van der Waals surface area contributed by atoms with Crippen molar-refractivity contribution in [3.8, 4) is 5.75 Å². The molecule has 0 saturated carbocycles. The number of pyridine rings is 1. The molecule has 0 aliphatic heterocycles. The van der Waals surface area contributed by atoms with E-state index in [0.717, 1.165) is 5.56 Å². The van der Waals surface area contributed by atoms with Crippen molar-refractivity contribution in [1.29, 1.82) is 0 Å². The minimum Gasteiger partial charge on any atom is -0.485 e. The van der Waals surface area contributed by atoms with Gasteiger partial charge in [-0.05, 0) is 29.8 Å². The molecule has 106 valence electrons. The minimum atomic E-state index is -1.09. The number of carboxylic acid groups (broad SMARTS) is 1. The van der Waals surface area contributed by atoms with E-state index >= 15 is 0 Å². The largest absolute Gasteiger partial charge is 0.485 e. The molecule has 0 unspecified atom stereocenters. The first-order valence-electron chi connectivity index (χ1n) is 6.22. The lowest BCUT2D eigenvalue weighted by Crippen LogP contribution is -1.98. The summed E-state index contributed by atoms with van der Waals surface area (Å²) in [6.45, 7) is 0.245. The van der Waals surface area contributed by atoms with Crippen molar-refractivity contribution in [3.63, 3.8) is 0 Å². The van der Waals surface area contributed by atoms with Crippen LogP contribution in [-0.4, -0.2) is 20.5 Å². The fourth-order valence-corrected chi connectivity index (χ4v) is 1.94. The van der Waals surface area contributed by atoms with Gasteiger partial charge in [0.2, 0.25) is 0 Å². The van der Waals surface area contributed by atoms with Gasteiger partial charge in [0, 0.05) is 12.4 Å². The normalized spacial score (nSPS) is 10.7. The van der Waals surface area contributed by atoms with Crippen molar-refractivity contribution >= 4 is 11.6 Å². The average molecular weight is 286 g/mol. The number of imidazole rings is 1. The predicted octanol–water partition coefficient (Wildman–Crippen LogP) is 2.75. The average Bonchev–Trinajstić information content (AvgIpc) is 2.91. The molecule has 0 amide bonds. The Morgan fingerprint density at radius 3 is 2.76 bits per heavy atom. The number of hydrogen-bond donors (Lipinski definition) is 1. The number of rotatable bonds is 4. The zero-order valence-corrected chi connectivity index (χ0v) is 10.9. The zero-order chi connectivity index (χ0) is 14.8. The molecular formula is C15H11FN2O3. The van der Waals surface area contributed by atoms with E-state index < -0.39 is 5.97 Å². The van der Waals surface area contributed by atoms with Crippen LogP contribution in [0.3, 0.4) is 0 Å². The summed E-state index contributed by atoms with van der Waals surface area (Å²) in [5.41, 5.74) is 1.19. The minimum absolute atomic E-state index is 0.0483. The Morgan fingerprint density at radius 2 is 2.05 bits per heavy atom. The van der Waals surface area contributed by atoms with Crippen molar-refractivity contribution in [2.75, 3.05) is 0 Å². The molecule has 6 heteroatoms. The first-order valence-corrected chi connectivity index (χ1v) is 6.22. The second kappa shape index (κ2) is 5.24. The van der Waals surface area contributed by atoms with Gasteiger partial charge in [-0.25, -0.2) is 14.2 Å². The van der Waals surface area contributed by atoms with Crippen LogP contribution in [0.25, 0.3) is 5.65 Å². The van der Waals surface area contributed by atoms with Crippen molar-refractivity contribution in [3.05, 3.63) is 65.9 Å². The molecule has 2 aromatic heterocycles. The standard InChI is InChI=1S/C15H11FN2O3/c16-11-5-3-10(4-6-11)9-21-13-2-1-7-18-8-12(15(19)20)17-14(13)18/h1-8H,9H2,(H,19,20). The van der Waals surface area contributed by atoms with Gasteiger partial charge in [-0.15, -0.1) is 0 Å². The number of carbonyl (C=O) groups is 1. The molecule has 5 nitrogen and oxygen atoms in total. The maximum atomic E-state index is 12.8. The van der Waals surface area contributed by atoms with Crippen LogP contribution in [0.1, 0.15) is 16.1 Å². The molecule has 0 aliphatic carbocycles. The highest BCUT2D eigenvalue weighted by Gasteiger charge is 2.12. The summed E-state index contributed by atoms with van der Waals surface area (Å²) in [5, 5.41) is 8.96. The Bertz CT molecular complexity index is 796. The lowest BCUT2D eigenvalue weighted by atomic mass is 10.2. The smallest absolute Gasteiger partial charge is 0.356 e. The summed E-state index contributed by atoms with van der Waals surface area (Å²) < 4.78 is 20.1. The maximum absolute atomic E-state index is 12.8.